The SMILES string of the molecule is OC(Cc1ccncc1Cl)c1ccncc1. The molecule has 0 aliphatic carbocycles. The van der Waals surface area contributed by atoms with Gasteiger partial charge in [0.1, 0.15) is 0 Å². The van der Waals surface area contributed by atoms with Crippen molar-refractivity contribution in [1.29, 1.82) is 0 Å². The number of aromatic nitrogens is 2. The summed E-state index contributed by atoms with van der Waals surface area (Å²) in [6.07, 6.45) is 6.48. The summed E-state index contributed by atoms with van der Waals surface area (Å²) in [5, 5.41) is 10.6. The van der Waals surface area contributed by atoms with Gasteiger partial charge in [0.25, 0.3) is 0 Å². The molecule has 1 unspecified atom stereocenters. The molecular formula is C12H11ClN2O. The van der Waals surface area contributed by atoms with Crippen LogP contribution in [0.5, 0.6) is 0 Å². The number of aliphatic hydroxyl groups is 1. The second-order valence-electron chi connectivity index (χ2n) is 3.47. The third-order valence-electron chi connectivity index (χ3n) is 2.36. The van der Waals surface area contributed by atoms with Crippen LogP contribution in [0.4, 0.5) is 0 Å². The van der Waals surface area contributed by atoms with Gasteiger partial charge < -0.3 is 5.11 Å². The molecule has 2 rings (SSSR count). The van der Waals surface area contributed by atoms with E-state index in [4.69, 9.17) is 11.6 Å². The number of hydrogen-bond donors (Lipinski definition) is 1. The summed E-state index contributed by atoms with van der Waals surface area (Å²) in [6.45, 7) is 0. The summed E-state index contributed by atoms with van der Waals surface area (Å²) in [5.74, 6) is 0. The molecule has 3 nitrogen and oxygen atoms in total. The maximum absolute atomic E-state index is 9.99. The molecule has 4 heteroatoms. The van der Waals surface area contributed by atoms with Crippen LogP contribution in [0, 0.1) is 0 Å². The monoisotopic (exact) mass is 234 g/mol. The van der Waals surface area contributed by atoms with Crippen molar-refractivity contribution >= 4 is 11.6 Å². The smallest absolute Gasteiger partial charge is 0.0832 e. The average Bonchev–Trinajstić information content (AvgIpc) is 2.33. The van der Waals surface area contributed by atoms with Gasteiger partial charge in [-0.25, -0.2) is 0 Å². The fraction of sp³-hybridized carbons (Fsp3) is 0.167. The second kappa shape index (κ2) is 5.05. The van der Waals surface area contributed by atoms with E-state index in [0.29, 0.717) is 11.4 Å². The second-order valence-corrected chi connectivity index (χ2v) is 3.87. The van der Waals surface area contributed by atoms with Crippen molar-refractivity contribution in [1.82, 2.24) is 9.97 Å². The zero-order chi connectivity index (χ0) is 11.4. The first-order valence-corrected chi connectivity index (χ1v) is 5.31. The van der Waals surface area contributed by atoms with E-state index in [0.717, 1.165) is 11.1 Å². The zero-order valence-corrected chi connectivity index (χ0v) is 9.30. The van der Waals surface area contributed by atoms with Gasteiger partial charge in [0.2, 0.25) is 0 Å². The van der Waals surface area contributed by atoms with E-state index < -0.39 is 6.10 Å². The Bertz CT molecular complexity index is 462. The Morgan fingerprint density at radius 1 is 1.12 bits per heavy atom. The minimum absolute atomic E-state index is 0.478. The third-order valence-corrected chi connectivity index (χ3v) is 2.70. The molecule has 0 spiro atoms. The number of rotatable bonds is 3. The molecule has 82 valence electrons. The van der Waals surface area contributed by atoms with Gasteiger partial charge in [-0.3, -0.25) is 9.97 Å². The molecule has 1 N–H and O–H groups in total. The number of pyridine rings is 2. The van der Waals surface area contributed by atoms with E-state index in [1.54, 1.807) is 36.9 Å². The first kappa shape index (κ1) is 11.0. The van der Waals surface area contributed by atoms with Crippen LogP contribution in [0.1, 0.15) is 17.2 Å². The summed E-state index contributed by atoms with van der Waals surface area (Å²) in [5.41, 5.74) is 1.73. The largest absolute Gasteiger partial charge is 0.388 e. The lowest BCUT2D eigenvalue weighted by Crippen LogP contribution is -2.02. The van der Waals surface area contributed by atoms with E-state index in [-0.39, 0.29) is 0 Å². The lowest BCUT2D eigenvalue weighted by atomic mass is 10.0. The van der Waals surface area contributed by atoms with Gasteiger partial charge in [-0.1, -0.05) is 11.6 Å². The molecule has 0 saturated carbocycles. The van der Waals surface area contributed by atoms with Gasteiger partial charge in [0, 0.05) is 31.2 Å². The van der Waals surface area contributed by atoms with Gasteiger partial charge in [-0.15, -0.1) is 0 Å². The third kappa shape index (κ3) is 2.56. The zero-order valence-electron chi connectivity index (χ0n) is 8.55. The molecule has 0 aliphatic rings. The summed E-state index contributed by atoms with van der Waals surface area (Å²) in [4.78, 5) is 7.81. The first-order chi connectivity index (χ1) is 7.77. The van der Waals surface area contributed by atoms with Crippen molar-refractivity contribution in [2.24, 2.45) is 0 Å². The lowest BCUT2D eigenvalue weighted by molar-refractivity contribution is 0.178. The number of hydrogen-bond acceptors (Lipinski definition) is 3. The summed E-state index contributed by atoms with van der Waals surface area (Å²) >= 11 is 5.97. The summed E-state index contributed by atoms with van der Waals surface area (Å²) in [6, 6.07) is 5.40. The molecule has 2 heterocycles. The average molecular weight is 235 g/mol. The number of nitrogens with zero attached hydrogens (tertiary/aromatic N) is 2. The molecule has 0 bridgehead atoms. The van der Waals surface area contributed by atoms with Crippen molar-refractivity contribution in [3.63, 3.8) is 0 Å². The van der Waals surface area contributed by atoms with Gasteiger partial charge in [-0.05, 0) is 29.3 Å². The van der Waals surface area contributed by atoms with E-state index >= 15 is 0 Å². The van der Waals surface area contributed by atoms with E-state index in [1.807, 2.05) is 6.07 Å². The predicted octanol–water partition coefficient (Wildman–Crippen LogP) is 2.41. The Kier molecular flexibility index (Phi) is 3.49. The van der Waals surface area contributed by atoms with Crippen LogP contribution in [0.3, 0.4) is 0 Å². The molecule has 1 atom stereocenters. The molecule has 0 aromatic carbocycles. The van der Waals surface area contributed by atoms with Crippen molar-refractivity contribution in [3.8, 4) is 0 Å². The normalized spacial score (nSPS) is 12.4. The molecule has 16 heavy (non-hydrogen) atoms. The fourth-order valence-corrected chi connectivity index (χ4v) is 1.68. The van der Waals surface area contributed by atoms with E-state index in [1.165, 1.54) is 0 Å². The molecule has 2 aromatic rings. The fourth-order valence-electron chi connectivity index (χ4n) is 1.48. The van der Waals surface area contributed by atoms with Crippen molar-refractivity contribution in [2.45, 2.75) is 12.5 Å². The topological polar surface area (TPSA) is 46.0 Å². The maximum Gasteiger partial charge on any atom is 0.0832 e. The Balaban J connectivity index is 2.14. The minimum Gasteiger partial charge on any atom is -0.388 e. The molecule has 2 aromatic heterocycles. The molecule has 0 radical (unpaired) electrons. The van der Waals surface area contributed by atoms with Crippen LogP contribution in [0.2, 0.25) is 5.02 Å². The molecular weight excluding hydrogens is 224 g/mol. The standard InChI is InChI=1S/C12H11ClN2O/c13-11-8-15-6-3-10(11)7-12(16)9-1-4-14-5-2-9/h1-6,8,12,16H,7H2. The van der Waals surface area contributed by atoms with Gasteiger partial charge >= 0.3 is 0 Å². The van der Waals surface area contributed by atoms with Crippen LogP contribution in [0.25, 0.3) is 0 Å². The lowest BCUT2D eigenvalue weighted by Gasteiger charge is -2.11. The Morgan fingerprint density at radius 2 is 1.81 bits per heavy atom. The Morgan fingerprint density at radius 3 is 2.50 bits per heavy atom. The van der Waals surface area contributed by atoms with Crippen LogP contribution < -0.4 is 0 Å². The molecule has 0 amide bonds. The maximum atomic E-state index is 9.99. The van der Waals surface area contributed by atoms with Gasteiger partial charge in [0.05, 0.1) is 11.1 Å². The quantitative estimate of drug-likeness (QED) is 0.887. The Labute approximate surface area is 98.8 Å². The van der Waals surface area contributed by atoms with Crippen molar-refractivity contribution in [3.05, 3.63) is 59.1 Å². The highest BCUT2D eigenvalue weighted by molar-refractivity contribution is 6.31. The highest BCUT2D eigenvalue weighted by Crippen LogP contribution is 2.21. The predicted molar refractivity (Wildman–Crippen MR) is 62.1 cm³/mol. The summed E-state index contributed by atoms with van der Waals surface area (Å²) in [7, 11) is 0. The molecule has 0 aliphatic heterocycles. The van der Waals surface area contributed by atoms with Crippen molar-refractivity contribution < 1.29 is 5.11 Å². The van der Waals surface area contributed by atoms with Crippen LogP contribution in [-0.2, 0) is 6.42 Å². The highest BCUT2D eigenvalue weighted by Gasteiger charge is 2.10. The highest BCUT2D eigenvalue weighted by atomic mass is 35.5. The van der Waals surface area contributed by atoms with Crippen LogP contribution in [0.15, 0.2) is 43.0 Å². The number of aliphatic hydroxyl groups excluding tert-OH is 1. The van der Waals surface area contributed by atoms with Crippen LogP contribution in [-0.4, -0.2) is 15.1 Å². The summed E-state index contributed by atoms with van der Waals surface area (Å²) < 4.78 is 0. The van der Waals surface area contributed by atoms with Gasteiger partial charge in [-0.2, -0.15) is 0 Å². The molecule has 0 fully saturated rings. The Hall–Kier alpha value is -1.45. The molecule has 0 saturated heterocycles. The minimum atomic E-state index is -0.567. The number of halogens is 1. The van der Waals surface area contributed by atoms with Crippen LogP contribution >= 0.6 is 11.6 Å². The van der Waals surface area contributed by atoms with Gasteiger partial charge in [0.15, 0.2) is 0 Å². The van der Waals surface area contributed by atoms with Crippen molar-refractivity contribution in [2.75, 3.05) is 0 Å². The van der Waals surface area contributed by atoms with E-state index in [9.17, 15) is 5.11 Å². The first-order valence-electron chi connectivity index (χ1n) is 4.94. The van der Waals surface area contributed by atoms with E-state index in [2.05, 4.69) is 9.97 Å².